The molecule has 0 bridgehead atoms. The minimum Gasteiger partial charge on any atom is -0.497 e. The maximum Gasteiger partial charge on any atom is 0.306 e. The molecule has 7 nitrogen and oxygen atoms in total. The van der Waals surface area contributed by atoms with Gasteiger partial charge in [0.15, 0.2) is 0 Å². The molecule has 138 valence electrons. The minimum absolute atomic E-state index is 0.0357. The number of carboxylic acids is 1. The number of amides is 1. The first-order valence-electron chi connectivity index (χ1n) is 8.53. The average molecular weight is 357 g/mol. The van der Waals surface area contributed by atoms with Gasteiger partial charge in [0, 0.05) is 25.8 Å². The van der Waals surface area contributed by atoms with E-state index < -0.39 is 11.9 Å². The standard InChI is InChI=1S/C19H23N3O4/c1-26-17-4-2-14(3-5-17)6-9-21-13-16(12-20)18(23)22-10-7-15(8-11-22)19(24)25/h2-5,13,15,21H,6-11H2,1H3,(H,24,25)/b16-13-. The maximum absolute atomic E-state index is 12.4. The van der Waals surface area contributed by atoms with Crippen LogP contribution >= 0.6 is 0 Å². The van der Waals surface area contributed by atoms with Gasteiger partial charge in [-0.3, -0.25) is 9.59 Å². The third kappa shape index (κ3) is 5.24. The number of nitriles is 1. The molecule has 0 unspecified atom stereocenters. The molecule has 1 aliphatic heterocycles. The van der Waals surface area contributed by atoms with E-state index in [1.807, 2.05) is 30.3 Å². The summed E-state index contributed by atoms with van der Waals surface area (Å²) in [6.45, 7) is 1.31. The van der Waals surface area contributed by atoms with E-state index in [-0.39, 0.29) is 11.5 Å². The number of aliphatic carboxylic acids is 1. The Hall–Kier alpha value is -3.01. The highest BCUT2D eigenvalue weighted by molar-refractivity contribution is 5.97. The Balaban J connectivity index is 1.82. The van der Waals surface area contributed by atoms with Crippen LogP contribution in [0.5, 0.6) is 5.75 Å². The number of hydrogen-bond acceptors (Lipinski definition) is 5. The normalized spacial score (nSPS) is 15.2. The first-order chi connectivity index (χ1) is 12.5. The van der Waals surface area contributed by atoms with Crippen molar-refractivity contribution < 1.29 is 19.4 Å². The Morgan fingerprint density at radius 1 is 1.35 bits per heavy atom. The Labute approximate surface area is 152 Å². The minimum atomic E-state index is -0.826. The fourth-order valence-electron chi connectivity index (χ4n) is 2.82. The third-order valence-corrected chi connectivity index (χ3v) is 4.45. The van der Waals surface area contributed by atoms with Gasteiger partial charge in [-0.2, -0.15) is 5.26 Å². The third-order valence-electron chi connectivity index (χ3n) is 4.45. The number of piperidine rings is 1. The van der Waals surface area contributed by atoms with E-state index in [1.54, 1.807) is 12.0 Å². The number of methoxy groups -OCH3 is 1. The molecule has 1 aromatic rings. The highest BCUT2D eigenvalue weighted by atomic mass is 16.5. The van der Waals surface area contributed by atoms with Crippen molar-refractivity contribution in [3.8, 4) is 11.8 Å². The highest BCUT2D eigenvalue weighted by Gasteiger charge is 2.28. The van der Waals surface area contributed by atoms with Gasteiger partial charge in [0.05, 0.1) is 13.0 Å². The number of carboxylic acid groups (broad SMARTS) is 1. The molecule has 2 rings (SSSR count). The number of hydrogen-bond donors (Lipinski definition) is 2. The van der Waals surface area contributed by atoms with Crippen molar-refractivity contribution in [1.82, 2.24) is 10.2 Å². The van der Waals surface area contributed by atoms with Gasteiger partial charge >= 0.3 is 5.97 Å². The average Bonchev–Trinajstić information content (AvgIpc) is 2.68. The topological polar surface area (TPSA) is 103 Å². The summed E-state index contributed by atoms with van der Waals surface area (Å²) in [4.78, 5) is 24.9. The van der Waals surface area contributed by atoms with Crippen LogP contribution in [0.4, 0.5) is 0 Å². The van der Waals surface area contributed by atoms with Crippen molar-refractivity contribution in [3.63, 3.8) is 0 Å². The predicted molar refractivity (Wildman–Crippen MR) is 95.3 cm³/mol. The lowest BCUT2D eigenvalue weighted by molar-refractivity contribution is -0.145. The molecular weight excluding hydrogens is 334 g/mol. The van der Waals surface area contributed by atoms with Gasteiger partial charge in [-0.05, 0) is 37.0 Å². The van der Waals surface area contributed by atoms with Gasteiger partial charge in [0.25, 0.3) is 5.91 Å². The van der Waals surface area contributed by atoms with E-state index in [0.29, 0.717) is 32.5 Å². The second-order valence-corrected chi connectivity index (χ2v) is 6.13. The van der Waals surface area contributed by atoms with Crippen LogP contribution in [0.25, 0.3) is 0 Å². The van der Waals surface area contributed by atoms with Gasteiger partial charge in [0.2, 0.25) is 0 Å². The fraction of sp³-hybridized carbons (Fsp3) is 0.421. The van der Waals surface area contributed by atoms with Crippen LogP contribution in [0, 0.1) is 17.2 Å². The summed E-state index contributed by atoms with van der Waals surface area (Å²) in [6, 6.07) is 9.62. The first kappa shape index (κ1) is 19.3. The largest absolute Gasteiger partial charge is 0.497 e. The van der Waals surface area contributed by atoms with Gasteiger partial charge in [-0.1, -0.05) is 12.1 Å². The molecule has 0 aromatic heterocycles. The molecule has 1 heterocycles. The lowest BCUT2D eigenvalue weighted by Crippen LogP contribution is -2.41. The van der Waals surface area contributed by atoms with Crippen LogP contribution < -0.4 is 10.1 Å². The number of ether oxygens (including phenoxy) is 1. The van der Waals surface area contributed by atoms with Crippen LogP contribution in [-0.2, 0) is 16.0 Å². The zero-order valence-electron chi connectivity index (χ0n) is 14.8. The molecule has 0 aliphatic carbocycles. The second-order valence-electron chi connectivity index (χ2n) is 6.13. The van der Waals surface area contributed by atoms with Crippen molar-refractivity contribution in [1.29, 1.82) is 5.26 Å². The fourth-order valence-corrected chi connectivity index (χ4v) is 2.82. The number of rotatable bonds is 7. The van der Waals surface area contributed by atoms with Crippen molar-refractivity contribution in [2.45, 2.75) is 19.3 Å². The first-order valence-corrected chi connectivity index (χ1v) is 8.53. The summed E-state index contributed by atoms with van der Waals surface area (Å²) in [6.07, 6.45) is 3.03. The molecule has 0 radical (unpaired) electrons. The van der Waals surface area contributed by atoms with Gasteiger partial charge < -0.3 is 20.1 Å². The maximum atomic E-state index is 12.4. The zero-order chi connectivity index (χ0) is 18.9. The van der Waals surface area contributed by atoms with Gasteiger partial charge in [-0.25, -0.2) is 0 Å². The summed E-state index contributed by atoms with van der Waals surface area (Å²) >= 11 is 0. The molecule has 0 saturated carbocycles. The second kappa shape index (κ2) is 9.47. The van der Waals surface area contributed by atoms with Crippen LogP contribution in [0.3, 0.4) is 0 Å². The molecular formula is C19H23N3O4. The Bertz CT molecular complexity index is 698. The molecule has 0 atom stereocenters. The number of carbonyl (C=O) groups is 2. The van der Waals surface area contributed by atoms with Crippen LogP contribution in [0.1, 0.15) is 18.4 Å². The monoisotopic (exact) mass is 357 g/mol. The van der Waals surface area contributed by atoms with Crippen molar-refractivity contribution in [3.05, 3.63) is 41.6 Å². The Morgan fingerprint density at radius 2 is 2.00 bits per heavy atom. The molecule has 0 spiro atoms. The van der Waals surface area contributed by atoms with Gasteiger partial charge in [-0.15, -0.1) is 0 Å². The summed E-state index contributed by atoms with van der Waals surface area (Å²) in [5.41, 5.74) is 1.15. The lowest BCUT2D eigenvalue weighted by Gasteiger charge is -2.29. The van der Waals surface area contributed by atoms with Crippen molar-refractivity contribution in [2.75, 3.05) is 26.7 Å². The summed E-state index contributed by atoms with van der Waals surface area (Å²) in [5, 5.41) is 21.2. The summed E-state index contributed by atoms with van der Waals surface area (Å²) < 4.78 is 5.11. The van der Waals surface area contributed by atoms with Crippen molar-refractivity contribution in [2.24, 2.45) is 5.92 Å². The molecule has 1 fully saturated rings. The van der Waals surface area contributed by atoms with Gasteiger partial charge in [0.1, 0.15) is 17.4 Å². The Kier molecular flexibility index (Phi) is 7.03. The molecule has 1 saturated heterocycles. The highest BCUT2D eigenvalue weighted by Crippen LogP contribution is 2.18. The van der Waals surface area contributed by atoms with Crippen molar-refractivity contribution >= 4 is 11.9 Å². The van der Waals surface area contributed by atoms with E-state index in [2.05, 4.69) is 5.32 Å². The van der Waals surface area contributed by atoms with E-state index >= 15 is 0 Å². The number of nitrogens with one attached hydrogen (secondary N) is 1. The number of likely N-dealkylation sites (tertiary alicyclic amines) is 1. The van der Waals surface area contributed by atoms with Crippen LogP contribution in [0.2, 0.25) is 0 Å². The number of carbonyl (C=O) groups excluding carboxylic acids is 1. The number of nitrogens with zero attached hydrogens (tertiary/aromatic N) is 2. The Morgan fingerprint density at radius 3 is 2.54 bits per heavy atom. The van der Waals surface area contributed by atoms with Crippen LogP contribution in [-0.4, -0.2) is 48.6 Å². The molecule has 1 amide bonds. The summed E-state index contributed by atoms with van der Waals surface area (Å²) in [7, 11) is 1.62. The molecule has 26 heavy (non-hydrogen) atoms. The van der Waals surface area contributed by atoms with E-state index in [1.165, 1.54) is 6.20 Å². The summed E-state index contributed by atoms with van der Waals surface area (Å²) in [5.74, 6) is -0.788. The smallest absolute Gasteiger partial charge is 0.306 e. The van der Waals surface area contributed by atoms with Crippen LogP contribution in [0.15, 0.2) is 36.0 Å². The molecule has 2 N–H and O–H groups in total. The molecule has 7 heteroatoms. The van der Waals surface area contributed by atoms with E-state index in [4.69, 9.17) is 9.84 Å². The zero-order valence-corrected chi connectivity index (χ0v) is 14.8. The molecule has 1 aromatic carbocycles. The van der Waals surface area contributed by atoms with E-state index in [9.17, 15) is 14.9 Å². The lowest BCUT2D eigenvalue weighted by atomic mass is 9.97. The van der Waals surface area contributed by atoms with E-state index in [0.717, 1.165) is 17.7 Å². The molecule has 1 aliphatic rings. The SMILES string of the molecule is COc1ccc(CCN/C=C(/C#N)C(=O)N2CCC(C(=O)O)CC2)cc1. The number of benzene rings is 1. The predicted octanol–water partition coefficient (Wildman–Crippen LogP) is 1.56. The quantitative estimate of drug-likeness (QED) is 0.436.